The molecule has 1 aromatic rings. The number of nitrogens with zero attached hydrogens (tertiary/aromatic N) is 3. The summed E-state index contributed by atoms with van der Waals surface area (Å²) in [6, 6.07) is 0.605. The number of nitrogens with two attached hydrogens (primary N) is 1. The predicted molar refractivity (Wildman–Crippen MR) is 70.1 cm³/mol. The Balaban J connectivity index is 2.25. The van der Waals surface area contributed by atoms with E-state index >= 15 is 0 Å². The van der Waals surface area contributed by atoms with E-state index in [0.717, 1.165) is 18.8 Å². The monoisotopic (exact) mass is 236 g/mol. The lowest BCUT2D eigenvalue weighted by molar-refractivity contribution is 0.334. The van der Waals surface area contributed by atoms with E-state index in [1.54, 1.807) is 0 Å². The van der Waals surface area contributed by atoms with Crippen LogP contribution >= 0.6 is 0 Å². The molecule has 1 fully saturated rings. The van der Waals surface area contributed by atoms with Crippen LogP contribution in [0.3, 0.4) is 0 Å². The van der Waals surface area contributed by atoms with E-state index in [4.69, 9.17) is 10.8 Å². The van der Waals surface area contributed by atoms with Gasteiger partial charge in [-0.3, -0.25) is 4.68 Å². The largest absolute Gasteiger partial charge is 0.324 e. The molecule has 1 aromatic heterocycles. The fraction of sp³-hybridized carbons (Fsp3) is 0.769. The minimum absolute atomic E-state index is 0.0763. The standard InChI is InChI=1S/C13H24N4/c1-5-16-7-6-12(8-16)17-11(4)13(9(2)14)10(3)15-17/h9,12H,5-8,14H2,1-4H3. The van der Waals surface area contributed by atoms with E-state index in [-0.39, 0.29) is 6.04 Å². The summed E-state index contributed by atoms with van der Waals surface area (Å²) in [5.41, 5.74) is 9.58. The molecule has 1 aliphatic rings. The Labute approximate surface area is 104 Å². The van der Waals surface area contributed by atoms with Gasteiger partial charge in [-0.05, 0) is 33.7 Å². The Hall–Kier alpha value is -0.870. The quantitative estimate of drug-likeness (QED) is 0.870. The summed E-state index contributed by atoms with van der Waals surface area (Å²) in [5.74, 6) is 0. The molecule has 0 amide bonds. The summed E-state index contributed by atoms with van der Waals surface area (Å²) in [7, 11) is 0. The highest BCUT2D eigenvalue weighted by atomic mass is 15.3. The third-order valence-corrected chi connectivity index (χ3v) is 3.88. The van der Waals surface area contributed by atoms with Crippen molar-refractivity contribution in [1.82, 2.24) is 14.7 Å². The molecule has 96 valence electrons. The van der Waals surface area contributed by atoms with Gasteiger partial charge in [-0.2, -0.15) is 5.10 Å². The smallest absolute Gasteiger partial charge is 0.0661 e. The van der Waals surface area contributed by atoms with Crippen LogP contribution in [-0.4, -0.2) is 34.3 Å². The third-order valence-electron chi connectivity index (χ3n) is 3.88. The van der Waals surface area contributed by atoms with Gasteiger partial charge < -0.3 is 10.6 Å². The van der Waals surface area contributed by atoms with E-state index in [1.807, 2.05) is 6.92 Å². The van der Waals surface area contributed by atoms with Gasteiger partial charge in [-0.1, -0.05) is 6.92 Å². The van der Waals surface area contributed by atoms with E-state index in [2.05, 4.69) is 30.4 Å². The summed E-state index contributed by atoms with van der Waals surface area (Å²) in [6.07, 6.45) is 1.20. The van der Waals surface area contributed by atoms with Crippen molar-refractivity contribution < 1.29 is 0 Å². The predicted octanol–water partition coefficient (Wildman–Crippen LogP) is 1.79. The molecule has 0 radical (unpaired) electrons. The Morgan fingerprint density at radius 1 is 1.47 bits per heavy atom. The molecule has 0 aromatic carbocycles. The zero-order chi connectivity index (χ0) is 12.6. The molecule has 17 heavy (non-hydrogen) atoms. The van der Waals surface area contributed by atoms with E-state index in [9.17, 15) is 0 Å². The second-order valence-corrected chi connectivity index (χ2v) is 5.15. The van der Waals surface area contributed by atoms with Crippen LogP contribution in [0.15, 0.2) is 0 Å². The van der Waals surface area contributed by atoms with Crippen LogP contribution < -0.4 is 5.73 Å². The molecule has 2 N–H and O–H groups in total. The van der Waals surface area contributed by atoms with Crippen LogP contribution in [0.5, 0.6) is 0 Å². The fourth-order valence-corrected chi connectivity index (χ4v) is 2.99. The van der Waals surface area contributed by atoms with Crippen molar-refractivity contribution in [3.8, 4) is 0 Å². The molecule has 0 bridgehead atoms. The van der Waals surface area contributed by atoms with Crippen LogP contribution in [0.2, 0.25) is 0 Å². The fourth-order valence-electron chi connectivity index (χ4n) is 2.99. The number of rotatable bonds is 3. The SMILES string of the molecule is CCN1CCC(n2nc(C)c(C(C)N)c2C)C1. The first-order valence-electron chi connectivity index (χ1n) is 6.58. The van der Waals surface area contributed by atoms with Crippen LogP contribution in [0.4, 0.5) is 0 Å². The topological polar surface area (TPSA) is 47.1 Å². The summed E-state index contributed by atoms with van der Waals surface area (Å²) >= 11 is 0. The average Bonchev–Trinajstić information content (AvgIpc) is 2.82. The molecule has 0 aliphatic carbocycles. The highest BCUT2D eigenvalue weighted by Crippen LogP contribution is 2.27. The molecule has 4 nitrogen and oxygen atoms in total. The van der Waals surface area contributed by atoms with Crippen molar-refractivity contribution in [3.05, 3.63) is 17.0 Å². The lowest BCUT2D eigenvalue weighted by Gasteiger charge is -2.15. The zero-order valence-corrected chi connectivity index (χ0v) is 11.4. The Bertz CT molecular complexity index is 394. The number of hydrogen-bond acceptors (Lipinski definition) is 3. The van der Waals surface area contributed by atoms with Crippen LogP contribution in [-0.2, 0) is 0 Å². The maximum atomic E-state index is 6.02. The molecular formula is C13H24N4. The van der Waals surface area contributed by atoms with E-state index < -0.39 is 0 Å². The second kappa shape index (κ2) is 4.78. The van der Waals surface area contributed by atoms with Crippen LogP contribution in [0.1, 0.15) is 49.3 Å². The summed E-state index contributed by atoms with van der Waals surface area (Å²) < 4.78 is 2.20. The number of aryl methyl sites for hydroxylation is 1. The maximum Gasteiger partial charge on any atom is 0.0661 e. The van der Waals surface area contributed by atoms with Gasteiger partial charge in [0, 0.05) is 30.4 Å². The number of likely N-dealkylation sites (tertiary alicyclic amines) is 1. The summed E-state index contributed by atoms with van der Waals surface area (Å²) in [6.45, 7) is 11.9. The van der Waals surface area contributed by atoms with Crippen molar-refractivity contribution in [2.24, 2.45) is 5.73 Å². The van der Waals surface area contributed by atoms with Gasteiger partial charge in [-0.15, -0.1) is 0 Å². The van der Waals surface area contributed by atoms with Crippen molar-refractivity contribution in [3.63, 3.8) is 0 Å². The molecule has 2 rings (SSSR count). The third kappa shape index (κ3) is 2.24. The van der Waals surface area contributed by atoms with Gasteiger partial charge in [0.15, 0.2) is 0 Å². The van der Waals surface area contributed by atoms with Crippen molar-refractivity contribution in [2.75, 3.05) is 19.6 Å². The van der Waals surface area contributed by atoms with E-state index in [0.29, 0.717) is 6.04 Å². The first-order chi connectivity index (χ1) is 8.04. The first-order valence-corrected chi connectivity index (χ1v) is 6.58. The maximum absolute atomic E-state index is 6.02. The Morgan fingerprint density at radius 2 is 2.18 bits per heavy atom. The molecule has 2 unspecified atom stereocenters. The zero-order valence-electron chi connectivity index (χ0n) is 11.4. The van der Waals surface area contributed by atoms with Crippen molar-refractivity contribution >= 4 is 0 Å². The van der Waals surface area contributed by atoms with Crippen molar-refractivity contribution in [2.45, 2.75) is 46.2 Å². The molecule has 2 atom stereocenters. The molecule has 4 heteroatoms. The molecular weight excluding hydrogens is 212 g/mol. The lowest BCUT2D eigenvalue weighted by Crippen LogP contribution is -2.22. The minimum atomic E-state index is 0.0763. The lowest BCUT2D eigenvalue weighted by atomic mass is 10.1. The normalized spacial score (nSPS) is 23.2. The van der Waals surface area contributed by atoms with Crippen molar-refractivity contribution in [1.29, 1.82) is 0 Å². The van der Waals surface area contributed by atoms with E-state index in [1.165, 1.54) is 24.2 Å². The molecule has 1 saturated heterocycles. The van der Waals surface area contributed by atoms with Gasteiger partial charge in [0.25, 0.3) is 0 Å². The highest BCUT2D eigenvalue weighted by molar-refractivity contribution is 5.28. The number of hydrogen-bond donors (Lipinski definition) is 1. The molecule has 1 aliphatic heterocycles. The first kappa shape index (κ1) is 12.6. The summed E-state index contributed by atoms with van der Waals surface area (Å²) in [5, 5.41) is 4.69. The molecule has 0 spiro atoms. The molecule has 2 heterocycles. The van der Waals surface area contributed by atoms with Crippen LogP contribution in [0, 0.1) is 13.8 Å². The average molecular weight is 236 g/mol. The Morgan fingerprint density at radius 3 is 2.65 bits per heavy atom. The molecule has 0 saturated carbocycles. The summed E-state index contributed by atoms with van der Waals surface area (Å²) in [4.78, 5) is 2.48. The van der Waals surface area contributed by atoms with Gasteiger partial charge in [0.1, 0.15) is 0 Å². The Kier molecular flexibility index (Phi) is 3.54. The van der Waals surface area contributed by atoms with Gasteiger partial charge in [0.2, 0.25) is 0 Å². The van der Waals surface area contributed by atoms with Gasteiger partial charge >= 0.3 is 0 Å². The second-order valence-electron chi connectivity index (χ2n) is 5.15. The minimum Gasteiger partial charge on any atom is -0.324 e. The van der Waals surface area contributed by atoms with Crippen LogP contribution in [0.25, 0.3) is 0 Å². The number of aromatic nitrogens is 2. The van der Waals surface area contributed by atoms with Gasteiger partial charge in [-0.25, -0.2) is 0 Å². The van der Waals surface area contributed by atoms with Gasteiger partial charge in [0.05, 0.1) is 11.7 Å². The number of likely N-dealkylation sites (N-methyl/N-ethyl adjacent to an activating group) is 1. The highest BCUT2D eigenvalue weighted by Gasteiger charge is 2.26.